The van der Waals surface area contributed by atoms with Crippen LogP contribution in [0.1, 0.15) is 1.43 Å². The average molecular weight is 242 g/mol. The van der Waals surface area contributed by atoms with Crippen LogP contribution in [0, 0.1) is 0 Å². The van der Waals surface area contributed by atoms with Gasteiger partial charge >= 0.3 is 69.9 Å². The van der Waals surface area contributed by atoms with Gasteiger partial charge in [-0.2, -0.15) is 0 Å². The van der Waals surface area contributed by atoms with Crippen LogP contribution in [0.4, 0.5) is 0 Å². The molecule has 0 aromatic carbocycles. The standard InChI is InChI=1S/C3H6O4Te.Li.H/c1-2-3-7-8(4,5)6;;/h2H,1,3H2,(H,4,5,6);;/q;+1;-1. The first-order valence-electron chi connectivity index (χ1n) is 1.79. The fourth-order valence-corrected chi connectivity index (χ4v) is 0.900. The second-order valence-corrected chi connectivity index (χ2v) is 4.12. The third-order valence-electron chi connectivity index (χ3n) is 0.335. The molecule has 0 saturated heterocycles. The van der Waals surface area contributed by atoms with E-state index >= 15 is 0 Å². The molecule has 0 aromatic heterocycles. The first-order valence-corrected chi connectivity index (χ1v) is 5.68. The molecule has 4 nitrogen and oxygen atoms in total. The van der Waals surface area contributed by atoms with Crippen LogP contribution in [0.3, 0.4) is 0 Å². The topological polar surface area (TPSA) is 63.6 Å². The van der Waals surface area contributed by atoms with E-state index in [-0.39, 0.29) is 26.9 Å². The van der Waals surface area contributed by atoms with Crippen molar-refractivity contribution >= 4 is 19.0 Å². The van der Waals surface area contributed by atoms with Gasteiger partial charge in [-0.25, -0.2) is 0 Å². The zero-order valence-electron chi connectivity index (χ0n) is 6.07. The van der Waals surface area contributed by atoms with Crippen molar-refractivity contribution in [1.82, 2.24) is 0 Å². The van der Waals surface area contributed by atoms with Crippen molar-refractivity contribution in [2.45, 2.75) is 0 Å². The molecule has 9 heavy (non-hydrogen) atoms. The van der Waals surface area contributed by atoms with Crippen LogP contribution in [0.5, 0.6) is 0 Å². The summed E-state index contributed by atoms with van der Waals surface area (Å²) >= 11 is -5.20. The molecule has 0 unspecified atom stereocenters. The summed E-state index contributed by atoms with van der Waals surface area (Å²) < 4.78 is 31.4. The molecule has 0 saturated carbocycles. The minimum atomic E-state index is -5.20. The van der Waals surface area contributed by atoms with E-state index in [0.29, 0.717) is 0 Å². The van der Waals surface area contributed by atoms with Crippen molar-refractivity contribution in [1.29, 1.82) is 0 Å². The Hall–Kier alpha value is 0.647. The van der Waals surface area contributed by atoms with Crippen LogP contribution in [-0.2, 0) is 9.31 Å². The zero-order valence-corrected chi connectivity index (χ0v) is 7.40. The fraction of sp³-hybridized carbons (Fsp3) is 0.333. The van der Waals surface area contributed by atoms with Crippen molar-refractivity contribution in [2.24, 2.45) is 0 Å². The second-order valence-electron chi connectivity index (χ2n) is 1.00. The minimum Gasteiger partial charge on any atom is -1.00 e. The van der Waals surface area contributed by atoms with Gasteiger partial charge in [0.2, 0.25) is 0 Å². The smallest absolute Gasteiger partial charge is 1.00 e. The van der Waals surface area contributed by atoms with Gasteiger partial charge in [0.25, 0.3) is 0 Å². The maximum Gasteiger partial charge on any atom is 1.00 e. The Morgan fingerprint density at radius 1 is 1.78 bits per heavy atom. The molecular weight excluding hydrogens is 235 g/mol. The first kappa shape index (κ1) is 12.3. The Balaban J connectivity index is -0.000000245. The molecule has 0 atom stereocenters. The van der Waals surface area contributed by atoms with Gasteiger partial charge in [-0.05, 0) is 0 Å². The summed E-state index contributed by atoms with van der Waals surface area (Å²) in [4.78, 5) is 0. The zero-order chi connectivity index (χ0) is 6.62. The Morgan fingerprint density at radius 2 is 2.22 bits per heavy atom. The van der Waals surface area contributed by atoms with Gasteiger partial charge < -0.3 is 1.43 Å². The Kier molecular flexibility index (Phi) is 7.45. The normalized spacial score (nSPS) is 9.89. The summed E-state index contributed by atoms with van der Waals surface area (Å²) in [6.07, 6.45) is 1.24. The summed E-state index contributed by atoms with van der Waals surface area (Å²) in [5.74, 6) is 0. The minimum absolute atomic E-state index is 0. The Labute approximate surface area is 71.2 Å². The summed E-state index contributed by atoms with van der Waals surface area (Å²) in [5, 5.41) is 0. The fourth-order valence-electron chi connectivity index (χ4n) is 0.134. The average Bonchev–Trinajstić information content (AvgIpc) is 1.59. The molecule has 0 aliphatic heterocycles. The first-order chi connectivity index (χ1) is 3.56. The quantitative estimate of drug-likeness (QED) is 0.413. The van der Waals surface area contributed by atoms with E-state index in [9.17, 15) is 6.21 Å². The number of hydrogen-bond acceptors (Lipinski definition) is 3. The second kappa shape index (κ2) is 5.43. The third kappa shape index (κ3) is 12.0. The van der Waals surface area contributed by atoms with Crippen molar-refractivity contribution in [3.8, 4) is 0 Å². The summed E-state index contributed by atoms with van der Waals surface area (Å²) in [5.41, 5.74) is 0. The van der Waals surface area contributed by atoms with Crippen molar-refractivity contribution < 1.29 is 33.1 Å². The number of rotatable bonds is 3. The molecule has 0 fully saturated rings. The van der Waals surface area contributed by atoms with Crippen LogP contribution in [0.25, 0.3) is 0 Å². The molecule has 0 aliphatic carbocycles. The van der Waals surface area contributed by atoms with E-state index in [1.165, 1.54) is 6.08 Å². The van der Waals surface area contributed by atoms with E-state index in [1.807, 2.05) is 0 Å². The van der Waals surface area contributed by atoms with Crippen LogP contribution < -0.4 is 18.9 Å². The van der Waals surface area contributed by atoms with Gasteiger partial charge in [-0.15, -0.1) is 0 Å². The predicted molar refractivity (Wildman–Crippen MR) is 26.6 cm³/mol. The van der Waals surface area contributed by atoms with Gasteiger partial charge in [-0.3, -0.25) is 0 Å². The van der Waals surface area contributed by atoms with Crippen LogP contribution >= 0.6 is 0 Å². The van der Waals surface area contributed by atoms with E-state index in [0.717, 1.165) is 0 Å². The van der Waals surface area contributed by atoms with Crippen LogP contribution in [-0.4, -0.2) is 29.0 Å². The molecule has 0 radical (unpaired) electrons. The molecular formula is C3H7LiO4Te. The molecule has 0 aromatic rings. The molecule has 0 bridgehead atoms. The van der Waals surface area contributed by atoms with E-state index in [1.54, 1.807) is 0 Å². The van der Waals surface area contributed by atoms with Gasteiger partial charge in [0.1, 0.15) is 0 Å². The molecule has 0 rings (SSSR count). The SMILES string of the molecule is C=CCO[Te](=O)(=O)O.[H-].[Li+]. The Bertz CT molecular complexity index is 165. The monoisotopic (exact) mass is 244 g/mol. The van der Waals surface area contributed by atoms with Gasteiger partial charge in [0, 0.05) is 0 Å². The van der Waals surface area contributed by atoms with Crippen molar-refractivity contribution in [3.63, 3.8) is 0 Å². The predicted octanol–water partition coefficient (Wildman–Crippen LogP) is -3.41. The van der Waals surface area contributed by atoms with Crippen molar-refractivity contribution in [3.05, 3.63) is 12.7 Å². The van der Waals surface area contributed by atoms with Gasteiger partial charge in [0.05, 0.1) is 0 Å². The maximum atomic E-state index is 9.78. The van der Waals surface area contributed by atoms with Gasteiger partial charge in [0.15, 0.2) is 0 Å². The summed E-state index contributed by atoms with van der Waals surface area (Å²) in [7, 11) is 0. The molecule has 0 amide bonds. The molecule has 0 heterocycles. The molecule has 50 valence electrons. The third-order valence-corrected chi connectivity index (χ3v) is 1.57. The summed E-state index contributed by atoms with van der Waals surface area (Å²) in [6.45, 7) is 3.03. The maximum absolute atomic E-state index is 9.78. The van der Waals surface area contributed by atoms with Crippen molar-refractivity contribution in [2.75, 3.05) is 6.61 Å². The molecule has 0 aliphatic rings. The Morgan fingerprint density at radius 3 is 2.33 bits per heavy atom. The molecule has 6 heteroatoms. The largest absolute Gasteiger partial charge is 1.00 e. The molecule has 0 spiro atoms. The van der Waals surface area contributed by atoms with Crippen LogP contribution in [0.15, 0.2) is 12.7 Å². The van der Waals surface area contributed by atoms with E-state index in [4.69, 9.17) is 3.47 Å². The van der Waals surface area contributed by atoms with Crippen LogP contribution in [0.2, 0.25) is 0 Å². The summed E-state index contributed by atoms with van der Waals surface area (Å²) in [6, 6.07) is 0. The molecule has 1 N–H and O–H groups in total. The number of hydrogen-bond donors (Lipinski definition) is 1. The van der Waals surface area contributed by atoms with Gasteiger partial charge in [-0.1, -0.05) is 0 Å². The van der Waals surface area contributed by atoms with E-state index in [2.05, 4.69) is 9.68 Å². The van der Waals surface area contributed by atoms with E-state index < -0.39 is 19.0 Å².